The molecule has 0 saturated carbocycles. The molecule has 2 aliphatic rings. The van der Waals surface area contributed by atoms with Crippen molar-refractivity contribution in [2.45, 2.75) is 57.5 Å². The number of carbonyl (C=O) groups is 1. The number of fused-ring (bicyclic) bond motifs is 2. The van der Waals surface area contributed by atoms with Crippen molar-refractivity contribution in [2.24, 2.45) is 5.92 Å². The van der Waals surface area contributed by atoms with E-state index in [1.54, 1.807) is 0 Å². The highest BCUT2D eigenvalue weighted by atomic mass is 16.2. The third kappa shape index (κ3) is 3.19. The van der Waals surface area contributed by atoms with Crippen molar-refractivity contribution in [3.8, 4) is 0 Å². The predicted octanol–water partition coefficient (Wildman–Crippen LogP) is 3.17. The molecule has 0 radical (unpaired) electrons. The van der Waals surface area contributed by atoms with E-state index in [4.69, 9.17) is 0 Å². The van der Waals surface area contributed by atoms with Gasteiger partial charge in [0.1, 0.15) is 0 Å². The lowest BCUT2D eigenvalue weighted by Gasteiger charge is -2.31. The molecular formula is C19H28N2O. The molecule has 1 amide bonds. The van der Waals surface area contributed by atoms with Crippen LogP contribution in [-0.4, -0.2) is 36.0 Å². The van der Waals surface area contributed by atoms with Crippen molar-refractivity contribution in [3.63, 3.8) is 0 Å². The zero-order valence-corrected chi connectivity index (χ0v) is 13.8. The monoisotopic (exact) mass is 300 g/mol. The third-order valence-electron chi connectivity index (χ3n) is 5.37. The topological polar surface area (TPSA) is 32.3 Å². The summed E-state index contributed by atoms with van der Waals surface area (Å²) in [5.41, 5.74) is 1.30. The number of hydrogen-bond donors (Lipinski definition) is 1. The van der Waals surface area contributed by atoms with Crippen LogP contribution in [0.1, 0.15) is 51.0 Å². The van der Waals surface area contributed by atoms with Crippen molar-refractivity contribution in [3.05, 3.63) is 35.9 Å². The quantitative estimate of drug-likeness (QED) is 0.926. The summed E-state index contributed by atoms with van der Waals surface area (Å²) in [5.74, 6) is 1.16. The van der Waals surface area contributed by atoms with E-state index in [1.165, 1.54) is 18.4 Å². The largest absolute Gasteiger partial charge is 0.335 e. The Hall–Kier alpha value is -1.35. The lowest BCUT2D eigenvalue weighted by molar-refractivity contribution is -0.134. The van der Waals surface area contributed by atoms with E-state index in [2.05, 4.69) is 48.3 Å². The molecule has 3 nitrogen and oxygen atoms in total. The first-order valence-corrected chi connectivity index (χ1v) is 8.73. The molecule has 3 atom stereocenters. The molecule has 3 rings (SSSR count). The Balaban J connectivity index is 1.74. The highest BCUT2D eigenvalue weighted by molar-refractivity contribution is 5.78. The van der Waals surface area contributed by atoms with Gasteiger partial charge in [-0.2, -0.15) is 0 Å². The lowest BCUT2D eigenvalue weighted by Crippen LogP contribution is -2.43. The summed E-state index contributed by atoms with van der Waals surface area (Å²) in [4.78, 5) is 15.2. The third-order valence-corrected chi connectivity index (χ3v) is 5.37. The number of nitrogens with one attached hydrogen (secondary N) is 1. The summed E-state index contributed by atoms with van der Waals surface area (Å²) in [5, 5.41) is 3.48. The molecule has 2 bridgehead atoms. The Labute approximate surface area is 134 Å². The summed E-state index contributed by atoms with van der Waals surface area (Å²) in [6.45, 7) is 6.48. The van der Waals surface area contributed by atoms with Gasteiger partial charge in [-0.25, -0.2) is 0 Å². The van der Waals surface area contributed by atoms with Crippen molar-refractivity contribution in [1.29, 1.82) is 0 Å². The van der Waals surface area contributed by atoms with Crippen molar-refractivity contribution < 1.29 is 4.79 Å². The Bertz CT molecular complexity index is 485. The summed E-state index contributed by atoms with van der Waals surface area (Å²) in [6.07, 6.45) is 4.12. The molecule has 2 fully saturated rings. The van der Waals surface area contributed by atoms with E-state index in [0.717, 1.165) is 19.5 Å². The SMILES string of the molecule is CC(C)C(CC(=O)N1C2CCNCC1CC2)c1ccccc1. The number of carbonyl (C=O) groups excluding carboxylic acids is 1. The predicted molar refractivity (Wildman–Crippen MR) is 89.8 cm³/mol. The van der Waals surface area contributed by atoms with E-state index in [-0.39, 0.29) is 0 Å². The summed E-state index contributed by atoms with van der Waals surface area (Å²) < 4.78 is 0. The minimum absolute atomic E-state index is 0.323. The van der Waals surface area contributed by atoms with Gasteiger partial charge in [0, 0.05) is 25.0 Å². The fraction of sp³-hybridized carbons (Fsp3) is 0.632. The van der Waals surface area contributed by atoms with Gasteiger partial charge < -0.3 is 10.2 Å². The molecule has 3 unspecified atom stereocenters. The maximum absolute atomic E-state index is 13.0. The molecule has 2 saturated heterocycles. The summed E-state index contributed by atoms with van der Waals surface area (Å²) >= 11 is 0. The van der Waals surface area contributed by atoms with E-state index in [9.17, 15) is 4.79 Å². The molecule has 2 aliphatic heterocycles. The number of hydrogen-bond acceptors (Lipinski definition) is 2. The summed E-state index contributed by atoms with van der Waals surface area (Å²) in [6, 6.07) is 11.4. The molecule has 1 aromatic rings. The van der Waals surface area contributed by atoms with E-state index in [1.807, 2.05) is 6.07 Å². The fourth-order valence-electron chi connectivity index (χ4n) is 4.12. The minimum atomic E-state index is 0.323. The first-order valence-electron chi connectivity index (χ1n) is 8.73. The number of nitrogens with zero attached hydrogens (tertiary/aromatic N) is 1. The second-order valence-electron chi connectivity index (χ2n) is 7.14. The normalized spacial score (nSPS) is 26.0. The van der Waals surface area contributed by atoms with Crippen LogP contribution in [-0.2, 0) is 4.79 Å². The van der Waals surface area contributed by atoms with Gasteiger partial charge in [0.2, 0.25) is 5.91 Å². The Morgan fingerprint density at radius 3 is 2.64 bits per heavy atom. The van der Waals surface area contributed by atoms with Gasteiger partial charge in [0.05, 0.1) is 0 Å². The van der Waals surface area contributed by atoms with Crippen LogP contribution in [0.15, 0.2) is 30.3 Å². The Kier molecular flexibility index (Phi) is 4.82. The van der Waals surface area contributed by atoms with Gasteiger partial charge in [0.15, 0.2) is 0 Å². The highest BCUT2D eigenvalue weighted by Crippen LogP contribution is 2.33. The van der Waals surface area contributed by atoms with Gasteiger partial charge in [0.25, 0.3) is 0 Å². The molecule has 0 spiro atoms. The van der Waals surface area contributed by atoms with Gasteiger partial charge in [-0.1, -0.05) is 44.2 Å². The summed E-state index contributed by atoms with van der Waals surface area (Å²) in [7, 11) is 0. The molecule has 0 aliphatic carbocycles. The molecule has 22 heavy (non-hydrogen) atoms. The minimum Gasteiger partial charge on any atom is -0.335 e. The van der Waals surface area contributed by atoms with Gasteiger partial charge in [-0.15, -0.1) is 0 Å². The second-order valence-corrected chi connectivity index (χ2v) is 7.14. The molecule has 120 valence electrons. The van der Waals surface area contributed by atoms with Gasteiger partial charge in [-0.05, 0) is 43.2 Å². The molecular weight excluding hydrogens is 272 g/mol. The lowest BCUT2D eigenvalue weighted by atomic mass is 9.85. The number of rotatable bonds is 4. The number of benzene rings is 1. The van der Waals surface area contributed by atoms with Gasteiger partial charge in [-0.3, -0.25) is 4.79 Å². The van der Waals surface area contributed by atoms with Crippen LogP contribution in [0.2, 0.25) is 0 Å². The van der Waals surface area contributed by atoms with Crippen LogP contribution < -0.4 is 5.32 Å². The molecule has 3 heteroatoms. The molecule has 2 heterocycles. The van der Waals surface area contributed by atoms with E-state index in [0.29, 0.717) is 36.2 Å². The second kappa shape index (κ2) is 6.82. The zero-order valence-electron chi connectivity index (χ0n) is 13.8. The van der Waals surface area contributed by atoms with Crippen LogP contribution >= 0.6 is 0 Å². The Morgan fingerprint density at radius 1 is 1.18 bits per heavy atom. The standard InChI is InChI=1S/C19H28N2O/c1-14(2)18(15-6-4-3-5-7-15)12-19(22)21-16-8-9-17(21)13-20-11-10-16/h3-7,14,16-18,20H,8-13H2,1-2H3. The number of amides is 1. The van der Waals surface area contributed by atoms with Crippen LogP contribution in [0, 0.1) is 5.92 Å². The van der Waals surface area contributed by atoms with Crippen LogP contribution in [0.3, 0.4) is 0 Å². The maximum Gasteiger partial charge on any atom is 0.223 e. The molecule has 1 aromatic carbocycles. The smallest absolute Gasteiger partial charge is 0.223 e. The highest BCUT2D eigenvalue weighted by Gasteiger charge is 2.38. The fourth-order valence-corrected chi connectivity index (χ4v) is 4.12. The maximum atomic E-state index is 13.0. The Morgan fingerprint density at radius 2 is 1.91 bits per heavy atom. The average molecular weight is 300 g/mol. The van der Waals surface area contributed by atoms with Crippen molar-refractivity contribution in [1.82, 2.24) is 10.2 Å². The van der Waals surface area contributed by atoms with Crippen molar-refractivity contribution >= 4 is 5.91 Å². The van der Waals surface area contributed by atoms with Crippen molar-refractivity contribution in [2.75, 3.05) is 13.1 Å². The average Bonchev–Trinajstić information content (AvgIpc) is 2.78. The first kappa shape index (κ1) is 15.5. The molecule has 0 aromatic heterocycles. The van der Waals surface area contributed by atoms with Gasteiger partial charge >= 0.3 is 0 Å². The zero-order chi connectivity index (χ0) is 15.5. The van der Waals surface area contributed by atoms with E-state index >= 15 is 0 Å². The van der Waals surface area contributed by atoms with Crippen LogP contribution in [0.5, 0.6) is 0 Å². The van der Waals surface area contributed by atoms with Crippen LogP contribution in [0.25, 0.3) is 0 Å². The van der Waals surface area contributed by atoms with Crippen LogP contribution in [0.4, 0.5) is 0 Å². The first-order chi connectivity index (χ1) is 10.7. The van der Waals surface area contributed by atoms with E-state index < -0.39 is 0 Å². The molecule has 1 N–H and O–H groups in total.